The van der Waals surface area contributed by atoms with Crippen molar-refractivity contribution in [2.75, 3.05) is 25.2 Å². The highest BCUT2D eigenvalue weighted by molar-refractivity contribution is 6.72. The molecule has 2 aromatic heterocycles. The fourth-order valence-corrected chi connectivity index (χ4v) is 10.1. The standard InChI is InChI=1S/C34H41FN6O6Si/c1-22-31(48(3,4)35)29(14-17-39-21-24(15-18-42)37-38-39)47-34(22)27-19-25(41-32(44)26-10-6-5-9-23(26)20-36-41)12-13-28(27)40(33(34)45)16-8-7-11-30(43)46-2/h5-6,9-10,12-13,19-22,29,31,42H,7-8,11,14-18H2,1-4H3/t22-,29+,31-,34+/m1/s1. The van der Waals surface area contributed by atoms with E-state index in [1.54, 1.807) is 65.4 Å². The number of amides is 1. The third-order valence-electron chi connectivity index (χ3n) is 9.72. The highest BCUT2D eigenvalue weighted by Gasteiger charge is 2.66. The Hall–Kier alpha value is -4.27. The maximum atomic E-state index is 16.3. The van der Waals surface area contributed by atoms with Gasteiger partial charge in [-0.2, -0.15) is 9.78 Å². The number of hydrogen-bond donors (Lipinski definition) is 1. The number of esters is 1. The lowest BCUT2D eigenvalue weighted by Crippen LogP contribution is -2.45. The predicted octanol–water partition coefficient (Wildman–Crippen LogP) is 4.07. The SMILES string of the molecule is COC(=O)CCCCN1C(=O)[C@@]2(O[C@@H](CCn3cc(CCO)nn3)[C@H]([Si](C)(C)F)[C@H]2C)c2cc(-n3ncc4ccccc4c3=O)ccc21. The first-order valence-corrected chi connectivity index (χ1v) is 19.3. The minimum atomic E-state index is -3.42. The predicted molar refractivity (Wildman–Crippen MR) is 179 cm³/mol. The number of unbranched alkanes of at least 4 members (excludes halogenated alkanes) is 1. The molecular weight excluding hydrogens is 635 g/mol. The Morgan fingerprint density at radius 3 is 2.69 bits per heavy atom. The molecule has 0 aliphatic carbocycles. The average Bonchev–Trinajstić information content (AvgIpc) is 3.71. The van der Waals surface area contributed by atoms with Crippen LogP contribution in [0.3, 0.4) is 0 Å². The number of aliphatic hydroxyl groups excluding tert-OH is 1. The van der Waals surface area contributed by atoms with E-state index in [1.807, 2.05) is 19.1 Å². The van der Waals surface area contributed by atoms with Gasteiger partial charge in [-0.1, -0.05) is 30.3 Å². The molecule has 1 amide bonds. The highest BCUT2D eigenvalue weighted by atomic mass is 28.4. The molecule has 0 saturated carbocycles. The van der Waals surface area contributed by atoms with E-state index in [4.69, 9.17) is 9.47 Å². The fourth-order valence-electron chi connectivity index (χ4n) is 7.51. The number of carbonyl (C=O) groups excluding carboxylic acids is 2. The summed E-state index contributed by atoms with van der Waals surface area (Å²) < 4.78 is 31.0. The van der Waals surface area contributed by atoms with E-state index in [9.17, 15) is 19.5 Å². The highest BCUT2D eigenvalue weighted by Crippen LogP contribution is 2.60. The third kappa shape index (κ3) is 5.96. The normalized spacial score (nSPS) is 22.2. The number of aromatic nitrogens is 5. The lowest BCUT2D eigenvalue weighted by Gasteiger charge is -2.31. The van der Waals surface area contributed by atoms with E-state index in [2.05, 4.69) is 15.4 Å². The van der Waals surface area contributed by atoms with Crippen LogP contribution in [0.2, 0.25) is 18.6 Å². The Kier molecular flexibility index (Phi) is 9.33. The van der Waals surface area contributed by atoms with Crippen LogP contribution >= 0.6 is 0 Å². The van der Waals surface area contributed by atoms with Crippen LogP contribution in [0.4, 0.5) is 9.80 Å². The van der Waals surface area contributed by atoms with Crippen LogP contribution in [0, 0.1) is 5.92 Å². The average molecular weight is 677 g/mol. The summed E-state index contributed by atoms with van der Waals surface area (Å²) in [5, 5.41) is 23.2. The second-order valence-electron chi connectivity index (χ2n) is 13.1. The molecule has 4 heterocycles. The number of rotatable bonds is 12. The van der Waals surface area contributed by atoms with E-state index in [0.717, 1.165) is 0 Å². The summed E-state index contributed by atoms with van der Waals surface area (Å²) in [6, 6.07) is 12.6. The zero-order chi connectivity index (χ0) is 34.2. The van der Waals surface area contributed by atoms with E-state index in [0.29, 0.717) is 72.2 Å². The first-order chi connectivity index (χ1) is 23.0. The van der Waals surface area contributed by atoms with Crippen molar-refractivity contribution in [3.8, 4) is 5.69 Å². The Balaban J connectivity index is 1.40. The van der Waals surface area contributed by atoms with Crippen LogP contribution in [0.5, 0.6) is 0 Å². The number of benzene rings is 2. The van der Waals surface area contributed by atoms with Crippen molar-refractivity contribution in [2.45, 2.75) is 75.9 Å². The molecule has 0 radical (unpaired) electrons. The first kappa shape index (κ1) is 33.6. The van der Waals surface area contributed by atoms with Crippen LogP contribution in [-0.2, 0) is 37.6 Å². The summed E-state index contributed by atoms with van der Waals surface area (Å²) in [4.78, 5) is 41.7. The van der Waals surface area contributed by atoms with Crippen molar-refractivity contribution < 1.29 is 28.3 Å². The summed E-state index contributed by atoms with van der Waals surface area (Å²) in [5.74, 6) is -1.13. The van der Waals surface area contributed by atoms with Crippen molar-refractivity contribution in [1.82, 2.24) is 24.8 Å². The number of ether oxygens (including phenoxy) is 2. The van der Waals surface area contributed by atoms with E-state index in [1.165, 1.54) is 11.8 Å². The van der Waals surface area contributed by atoms with Gasteiger partial charge in [0.2, 0.25) is 8.41 Å². The molecule has 1 spiro atoms. The number of nitrogens with zero attached hydrogens (tertiary/aromatic N) is 6. The Morgan fingerprint density at radius 2 is 1.94 bits per heavy atom. The topological polar surface area (TPSA) is 142 Å². The second kappa shape index (κ2) is 13.3. The molecule has 254 valence electrons. The third-order valence-corrected chi connectivity index (χ3v) is 12.2. The molecule has 1 saturated heterocycles. The molecule has 0 bridgehead atoms. The molecule has 0 unspecified atom stereocenters. The van der Waals surface area contributed by atoms with E-state index in [-0.39, 0.29) is 30.5 Å². The van der Waals surface area contributed by atoms with Gasteiger partial charge < -0.3 is 23.6 Å². The summed E-state index contributed by atoms with van der Waals surface area (Å²) >= 11 is 0. The van der Waals surface area contributed by atoms with Crippen molar-refractivity contribution >= 4 is 36.7 Å². The van der Waals surface area contributed by atoms with Gasteiger partial charge in [0.15, 0.2) is 5.60 Å². The summed E-state index contributed by atoms with van der Waals surface area (Å²) in [7, 11) is -2.08. The number of aliphatic hydroxyl groups is 1. The van der Waals surface area contributed by atoms with Gasteiger partial charge in [-0.25, -0.2) is 0 Å². The molecule has 4 aromatic rings. The van der Waals surface area contributed by atoms with Crippen molar-refractivity contribution in [3.05, 3.63) is 76.5 Å². The molecule has 4 atom stereocenters. The van der Waals surface area contributed by atoms with Gasteiger partial charge in [-0.05, 0) is 56.6 Å². The maximum absolute atomic E-state index is 16.3. The minimum Gasteiger partial charge on any atom is -0.469 e. The van der Waals surface area contributed by atoms with Gasteiger partial charge in [-0.15, -0.1) is 5.10 Å². The molecule has 2 aromatic carbocycles. The zero-order valence-corrected chi connectivity index (χ0v) is 28.6. The molecule has 1 fully saturated rings. The Labute approximate surface area is 278 Å². The number of fused-ring (bicyclic) bond motifs is 3. The van der Waals surface area contributed by atoms with Gasteiger partial charge in [-0.3, -0.25) is 19.1 Å². The summed E-state index contributed by atoms with van der Waals surface area (Å²) in [5.41, 5.74) is 0.000863. The van der Waals surface area contributed by atoms with Gasteiger partial charge in [0.1, 0.15) is 0 Å². The number of hydrogen-bond acceptors (Lipinski definition) is 9. The van der Waals surface area contributed by atoms with Crippen LogP contribution in [0.15, 0.2) is 59.7 Å². The largest absolute Gasteiger partial charge is 0.469 e. The molecular formula is C34H41FN6O6Si. The molecule has 14 heteroatoms. The van der Waals surface area contributed by atoms with Crippen molar-refractivity contribution in [2.24, 2.45) is 5.92 Å². The van der Waals surface area contributed by atoms with Gasteiger partial charge in [0, 0.05) is 61.1 Å². The van der Waals surface area contributed by atoms with Gasteiger partial charge >= 0.3 is 5.97 Å². The fraction of sp³-hybridized carbons (Fsp3) is 0.471. The van der Waals surface area contributed by atoms with Crippen LogP contribution in [-0.4, -0.2) is 76.5 Å². The zero-order valence-electron chi connectivity index (χ0n) is 27.6. The van der Waals surface area contributed by atoms with Crippen LogP contribution in [0.1, 0.15) is 43.9 Å². The molecule has 2 aliphatic rings. The second-order valence-corrected chi connectivity index (χ2v) is 16.9. The van der Waals surface area contributed by atoms with Gasteiger partial charge in [0.05, 0.1) is 41.9 Å². The summed E-state index contributed by atoms with van der Waals surface area (Å²) in [6.07, 6.45) is 4.85. The number of carbonyl (C=O) groups is 2. The minimum absolute atomic E-state index is 0.0439. The molecule has 48 heavy (non-hydrogen) atoms. The molecule has 1 N–H and O–H groups in total. The maximum Gasteiger partial charge on any atom is 0.305 e. The lowest BCUT2D eigenvalue weighted by atomic mass is 9.82. The summed E-state index contributed by atoms with van der Waals surface area (Å²) in [6.45, 7) is 5.87. The smallest absolute Gasteiger partial charge is 0.305 e. The van der Waals surface area contributed by atoms with E-state index < -0.39 is 31.6 Å². The Bertz CT molecular complexity index is 1890. The molecule has 12 nitrogen and oxygen atoms in total. The number of halogens is 1. The lowest BCUT2D eigenvalue weighted by molar-refractivity contribution is -0.146. The van der Waals surface area contributed by atoms with Crippen LogP contribution in [0.25, 0.3) is 16.5 Å². The monoisotopic (exact) mass is 676 g/mol. The first-order valence-electron chi connectivity index (χ1n) is 16.4. The quantitative estimate of drug-likeness (QED) is 0.102. The van der Waals surface area contributed by atoms with Crippen molar-refractivity contribution in [3.63, 3.8) is 0 Å². The number of aryl methyl sites for hydroxylation is 1. The number of methoxy groups -OCH3 is 1. The van der Waals surface area contributed by atoms with E-state index >= 15 is 4.11 Å². The van der Waals surface area contributed by atoms with Gasteiger partial charge in [0.25, 0.3) is 11.5 Å². The van der Waals surface area contributed by atoms with Crippen molar-refractivity contribution in [1.29, 1.82) is 0 Å². The number of anilines is 1. The van der Waals surface area contributed by atoms with Crippen LogP contribution < -0.4 is 10.5 Å². The molecule has 6 rings (SSSR count). The molecule has 2 aliphatic heterocycles. The Morgan fingerprint density at radius 1 is 1.15 bits per heavy atom.